The molecular formula is C22H42N2O2S. The normalized spacial score (nSPS) is 32.3. The van der Waals surface area contributed by atoms with Gasteiger partial charge in [0.2, 0.25) is 0 Å². The van der Waals surface area contributed by atoms with Crippen molar-refractivity contribution in [1.82, 2.24) is 9.80 Å². The maximum absolute atomic E-state index is 11.6. The van der Waals surface area contributed by atoms with Crippen molar-refractivity contribution in [3.05, 3.63) is 0 Å². The molecule has 2 bridgehead atoms. The molecule has 2 aliphatic heterocycles. The average Bonchev–Trinajstić information content (AvgIpc) is 3.08. The molecule has 0 amide bonds. The molecule has 1 saturated carbocycles. The standard InChI is InChI=1S/C22H42N2O2S/c1-20(2,3)8-11-24-18-22(7-6-19(24)16-22)17-21(4,5)9-10-23-12-14-27(25,26)15-13-23/h19H,6-18H2,1-5H3/t19-,22+/m0/s1. The quantitative estimate of drug-likeness (QED) is 0.654. The predicted octanol–water partition coefficient (Wildman–Crippen LogP) is 3.81. The van der Waals surface area contributed by atoms with Gasteiger partial charge in [-0.05, 0) is 67.9 Å². The van der Waals surface area contributed by atoms with Crippen molar-refractivity contribution in [1.29, 1.82) is 0 Å². The maximum Gasteiger partial charge on any atom is 0.152 e. The van der Waals surface area contributed by atoms with E-state index in [0.717, 1.165) is 25.7 Å². The highest BCUT2D eigenvalue weighted by Gasteiger charge is 2.50. The summed E-state index contributed by atoms with van der Waals surface area (Å²) < 4.78 is 23.3. The highest BCUT2D eigenvalue weighted by Crippen LogP contribution is 2.54. The van der Waals surface area contributed by atoms with Crippen LogP contribution in [0, 0.1) is 16.2 Å². The Morgan fingerprint density at radius 3 is 2.30 bits per heavy atom. The fourth-order valence-corrected chi connectivity index (χ4v) is 6.96. The Labute approximate surface area is 168 Å². The van der Waals surface area contributed by atoms with Crippen molar-refractivity contribution in [3.8, 4) is 0 Å². The van der Waals surface area contributed by atoms with E-state index in [0.29, 0.717) is 27.8 Å². The number of sulfone groups is 1. The topological polar surface area (TPSA) is 40.6 Å². The molecule has 2 heterocycles. The summed E-state index contributed by atoms with van der Waals surface area (Å²) in [5.41, 5.74) is 1.30. The number of hydrogen-bond acceptors (Lipinski definition) is 4. The first-order chi connectivity index (χ1) is 12.4. The number of likely N-dealkylation sites (tertiary alicyclic amines) is 1. The van der Waals surface area contributed by atoms with Gasteiger partial charge < -0.3 is 4.90 Å². The van der Waals surface area contributed by atoms with Crippen molar-refractivity contribution in [2.45, 2.75) is 79.2 Å². The van der Waals surface area contributed by atoms with Crippen molar-refractivity contribution in [2.24, 2.45) is 16.2 Å². The van der Waals surface area contributed by atoms with E-state index >= 15 is 0 Å². The molecule has 0 aromatic rings. The summed E-state index contributed by atoms with van der Waals surface area (Å²) in [5, 5.41) is 0. The first kappa shape index (κ1) is 21.6. The highest BCUT2D eigenvalue weighted by molar-refractivity contribution is 7.91. The number of rotatable bonds is 7. The fraction of sp³-hybridized carbons (Fsp3) is 1.00. The molecule has 1 aliphatic carbocycles. The molecule has 3 rings (SSSR count). The van der Waals surface area contributed by atoms with Crippen LogP contribution in [0.25, 0.3) is 0 Å². The van der Waals surface area contributed by atoms with Crippen molar-refractivity contribution >= 4 is 9.84 Å². The summed E-state index contributed by atoms with van der Waals surface area (Å²) in [6, 6.07) is 0.829. The lowest BCUT2D eigenvalue weighted by Gasteiger charge is -2.40. The lowest BCUT2D eigenvalue weighted by molar-refractivity contribution is 0.103. The van der Waals surface area contributed by atoms with Crippen molar-refractivity contribution < 1.29 is 8.42 Å². The molecule has 2 saturated heterocycles. The van der Waals surface area contributed by atoms with Gasteiger partial charge in [-0.15, -0.1) is 0 Å². The Morgan fingerprint density at radius 2 is 1.67 bits per heavy atom. The van der Waals surface area contributed by atoms with Gasteiger partial charge in [-0.2, -0.15) is 0 Å². The zero-order valence-electron chi connectivity index (χ0n) is 18.4. The summed E-state index contributed by atoms with van der Waals surface area (Å²) in [7, 11) is -2.77. The largest absolute Gasteiger partial charge is 0.301 e. The molecule has 0 aromatic heterocycles. The summed E-state index contributed by atoms with van der Waals surface area (Å²) in [4.78, 5) is 5.16. The first-order valence-electron chi connectivity index (χ1n) is 11.0. The van der Waals surface area contributed by atoms with Gasteiger partial charge in [0.25, 0.3) is 0 Å². The van der Waals surface area contributed by atoms with E-state index in [4.69, 9.17) is 0 Å². The second-order valence-electron chi connectivity index (χ2n) is 11.8. The van der Waals surface area contributed by atoms with Crippen LogP contribution in [0.4, 0.5) is 0 Å². The smallest absolute Gasteiger partial charge is 0.152 e. The molecule has 5 heteroatoms. The average molecular weight is 399 g/mol. The van der Waals surface area contributed by atoms with E-state index in [9.17, 15) is 8.42 Å². The van der Waals surface area contributed by atoms with Crippen molar-refractivity contribution in [3.63, 3.8) is 0 Å². The summed E-state index contributed by atoms with van der Waals surface area (Å²) in [6.07, 6.45) is 8.01. The van der Waals surface area contributed by atoms with Crippen LogP contribution in [0.5, 0.6) is 0 Å². The Bertz CT molecular complexity index is 609. The molecule has 0 aromatic carbocycles. The van der Waals surface area contributed by atoms with Gasteiger partial charge in [0.05, 0.1) is 11.5 Å². The van der Waals surface area contributed by atoms with Crippen LogP contribution >= 0.6 is 0 Å². The molecule has 3 aliphatic rings. The predicted molar refractivity (Wildman–Crippen MR) is 114 cm³/mol. The Balaban J connectivity index is 1.48. The second-order valence-corrected chi connectivity index (χ2v) is 14.1. The minimum Gasteiger partial charge on any atom is -0.301 e. The molecule has 0 N–H and O–H groups in total. The van der Waals surface area contributed by atoms with E-state index in [-0.39, 0.29) is 0 Å². The molecule has 2 atom stereocenters. The molecule has 0 radical (unpaired) electrons. The van der Waals surface area contributed by atoms with Gasteiger partial charge in [0.1, 0.15) is 0 Å². The van der Waals surface area contributed by atoms with Crippen LogP contribution in [0.15, 0.2) is 0 Å². The minimum absolute atomic E-state index is 0.339. The van der Waals surface area contributed by atoms with E-state index in [2.05, 4.69) is 44.4 Å². The van der Waals surface area contributed by atoms with Crippen molar-refractivity contribution in [2.75, 3.05) is 44.2 Å². The third-order valence-electron chi connectivity index (χ3n) is 7.28. The molecule has 0 spiro atoms. The van der Waals surface area contributed by atoms with Crippen LogP contribution in [-0.4, -0.2) is 68.5 Å². The lowest BCUT2D eigenvalue weighted by atomic mass is 9.70. The monoisotopic (exact) mass is 398 g/mol. The van der Waals surface area contributed by atoms with Gasteiger partial charge in [0, 0.05) is 25.7 Å². The third kappa shape index (κ3) is 5.93. The SMILES string of the molecule is CC(C)(C)CCN1C[C@]2(CC(C)(C)CCN3CCS(=O)(=O)CC3)CC[C@H]1C2. The summed E-state index contributed by atoms with van der Waals surface area (Å²) >= 11 is 0. The lowest BCUT2D eigenvalue weighted by Crippen LogP contribution is -2.42. The van der Waals surface area contributed by atoms with E-state index in [1.54, 1.807) is 0 Å². The maximum atomic E-state index is 11.6. The Kier molecular flexibility index (Phi) is 6.08. The number of hydrogen-bond donors (Lipinski definition) is 0. The zero-order valence-corrected chi connectivity index (χ0v) is 19.2. The van der Waals surface area contributed by atoms with Crippen LogP contribution < -0.4 is 0 Å². The number of fused-ring (bicyclic) bond motifs is 2. The van der Waals surface area contributed by atoms with E-state index in [1.165, 1.54) is 51.6 Å². The van der Waals surface area contributed by atoms with E-state index in [1.807, 2.05) is 0 Å². The van der Waals surface area contributed by atoms with Crippen LogP contribution in [0.3, 0.4) is 0 Å². The first-order valence-corrected chi connectivity index (χ1v) is 12.9. The molecule has 3 fully saturated rings. The van der Waals surface area contributed by atoms with Crippen LogP contribution in [0.2, 0.25) is 0 Å². The van der Waals surface area contributed by atoms with E-state index < -0.39 is 9.84 Å². The summed E-state index contributed by atoms with van der Waals surface area (Å²) in [6.45, 7) is 17.0. The van der Waals surface area contributed by atoms with Gasteiger partial charge >= 0.3 is 0 Å². The fourth-order valence-electron chi connectivity index (χ4n) is 5.69. The minimum atomic E-state index is -2.77. The van der Waals surface area contributed by atoms with Crippen LogP contribution in [-0.2, 0) is 9.84 Å². The molecule has 0 unspecified atom stereocenters. The third-order valence-corrected chi connectivity index (χ3v) is 8.89. The summed E-state index contributed by atoms with van der Waals surface area (Å²) in [5.74, 6) is 0.698. The Hall–Kier alpha value is -0.130. The Morgan fingerprint density at radius 1 is 1.00 bits per heavy atom. The zero-order chi connectivity index (χ0) is 19.9. The van der Waals surface area contributed by atoms with Gasteiger partial charge in [-0.25, -0.2) is 8.42 Å². The molecule has 27 heavy (non-hydrogen) atoms. The second kappa shape index (κ2) is 7.60. The molecule has 158 valence electrons. The van der Waals surface area contributed by atoms with Crippen LogP contribution in [0.1, 0.15) is 73.1 Å². The number of nitrogens with zero attached hydrogens (tertiary/aromatic N) is 2. The number of piperidine rings is 1. The van der Waals surface area contributed by atoms with Gasteiger partial charge in [0.15, 0.2) is 9.84 Å². The van der Waals surface area contributed by atoms with Gasteiger partial charge in [-0.1, -0.05) is 34.6 Å². The highest BCUT2D eigenvalue weighted by atomic mass is 32.2. The molecule has 4 nitrogen and oxygen atoms in total. The van der Waals surface area contributed by atoms with Gasteiger partial charge in [-0.3, -0.25) is 4.90 Å². The molecular weight excluding hydrogens is 356 g/mol.